The van der Waals surface area contributed by atoms with Crippen LogP contribution in [0.4, 0.5) is 4.79 Å². The van der Waals surface area contributed by atoms with E-state index < -0.39 is 11.9 Å². The van der Waals surface area contributed by atoms with Crippen molar-refractivity contribution in [2.45, 2.75) is 37.9 Å². The lowest BCUT2D eigenvalue weighted by molar-refractivity contribution is -0.117. The normalized spacial score (nSPS) is 11.2. The SMILES string of the molecule is Cn1c(SCC(=O)NC(=O)NCc2ccccc2)nnc1-c1ccc(C(C)(C)C)cc1. The highest BCUT2D eigenvalue weighted by Gasteiger charge is 2.16. The summed E-state index contributed by atoms with van der Waals surface area (Å²) in [5.74, 6) is 0.395. The Kier molecular flexibility index (Phi) is 7.12. The molecular formula is C23H27N5O2S. The van der Waals surface area contributed by atoms with Crippen LogP contribution >= 0.6 is 11.8 Å². The molecule has 0 aliphatic carbocycles. The van der Waals surface area contributed by atoms with Crippen molar-refractivity contribution in [2.24, 2.45) is 7.05 Å². The molecule has 0 aliphatic rings. The molecule has 2 N–H and O–H groups in total. The summed E-state index contributed by atoms with van der Waals surface area (Å²) in [7, 11) is 1.86. The maximum absolute atomic E-state index is 12.1. The first-order chi connectivity index (χ1) is 14.7. The van der Waals surface area contributed by atoms with Crippen molar-refractivity contribution in [1.82, 2.24) is 25.4 Å². The number of hydrogen-bond acceptors (Lipinski definition) is 5. The molecule has 8 heteroatoms. The largest absolute Gasteiger partial charge is 0.334 e. The van der Waals surface area contributed by atoms with E-state index in [9.17, 15) is 9.59 Å². The standard InChI is InChI=1S/C23H27N5O2S/c1-23(2,3)18-12-10-17(11-13-18)20-26-27-22(28(20)4)31-15-19(29)25-21(30)24-14-16-8-6-5-7-9-16/h5-13H,14-15H2,1-4H3,(H2,24,25,29,30). The molecule has 162 valence electrons. The summed E-state index contributed by atoms with van der Waals surface area (Å²) in [6, 6.07) is 17.2. The Balaban J connectivity index is 1.52. The molecule has 0 unspecified atom stereocenters. The highest BCUT2D eigenvalue weighted by Crippen LogP contribution is 2.26. The number of hydrogen-bond donors (Lipinski definition) is 2. The average molecular weight is 438 g/mol. The second kappa shape index (κ2) is 9.78. The van der Waals surface area contributed by atoms with Gasteiger partial charge in [0.25, 0.3) is 0 Å². The maximum Gasteiger partial charge on any atom is 0.321 e. The van der Waals surface area contributed by atoms with E-state index >= 15 is 0 Å². The van der Waals surface area contributed by atoms with E-state index in [-0.39, 0.29) is 11.2 Å². The minimum atomic E-state index is -0.521. The van der Waals surface area contributed by atoms with Crippen LogP contribution in [0.15, 0.2) is 59.8 Å². The van der Waals surface area contributed by atoms with Gasteiger partial charge >= 0.3 is 6.03 Å². The van der Waals surface area contributed by atoms with Gasteiger partial charge in [0, 0.05) is 19.2 Å². The van der Waals surface area contributed by atoms with Crippen molar-refractivity contribution in [3.63, 3.8) is 0 Å². The number of carbonyl (C=O) groups excluding carboxylic acids is 2. The van der Waals surface area contributed by atoms with Gasteiger partial charge in [-0.05, 0) is 16.5 Å². The molecule has 0 saturated heterocycles. The molecule has 0 spiro atoms. The van der Waals surface area contributed by atoms with Crippen molar-refractivity contribution < 1.29 is 9.59 Å². The molecule has 0 bridgehead atoms. The second-order valence-electron chi connectivity index (χ2n) is 8.20. The van der Waals surface area contributed by atoms with Crippen LogP contribution in [0, 0.1) is 0 Å². The van der Waals surface area contributed by atoms with Gasteiger partial charge in [-0.3, -0.25) is 10.1 Å². The van der Waals surface area contributed by atoms with Gasteiger partial charge in [-0.25, -0.2) is 4.79 Å². The van der Waals surface area contributed by atoms with E-state index in [0.29, 0.717) is 11.7 Å². The van der Waals surface area contributed by atoms with Gasteiger partial charge in [0.15, 0.2) is 11.0 Å². The minimum absolute atomic E-state index is 0.0632. The van der Waals surface area contributed by atoms with E-state index in [4.69, 9.17) is 0 Å². The molecule has 0 saturated carbocycles. The summed E-state index contributed by atoms with van der Waals surface area (Å²) in [6.45, 7) is 6.87. The van der Waals surface area contributed by atoms with Crippen LogP contribution in [0.5, 0.6) is 0 Å². The van der Waals surface area contributed by atoms with Crippen LogP contribution in [0.2, 0.25) is 0 Å². The van der Waals surface area contributed by atoms with Gasteiger partial charge < -0.3 is 9.88 Å². The Morgan fingerprint density at radius 2 is 1.68 bits per heavy atom. The Morgan fingerprint density at radius 3 is 2.32 bits per heavy atom. The van der Waals surface area contributed by atoms with E-state index in [1.54, 1.807) is 0 Å². The zero-order valence-electron chi connectivity index (χ0n) is 18.2. The summed E-state index contributed by atoms with van der Waals surface area (Å²) in [5, 5.41) is 14.1. The summed E-state index contributed by atoms with van der Waals surface area (Å²) < 4.78 is 1.85. The third kappa shape index (κ3) is 6.18. The predicted molar refractivity (Wildman–Crippen MR) is 123 cm³/mol. The molecule has 7 nitrogen and oxygen atoms in total. The lowest BCUT2D eigenvalue weighted by Crippen LogP contribution is -2.39. The maximum atomic E-state index is 12.1. The van der Waals surface area contributed by atoms with Gasteiger partial charge in [-0.15, -0.1) is 10.2 Å². The van der Waals surface area contributed by atoms with Crippen molar-refractivity contribution in [3.8, 4) is 11.4 Å². The fourth-order valence-corrected chi connectivity index (χ4v) is 3.64. The molecule has 0 radical (unpaired) electrons. The Labute approximate surface area is 186 Å². The van der Waals surface area contributed by atoms with Gasteiger partial charge in [-0.1, -0.05) is 87.1 Å². The molecule has 0 aliphatic heterocycles. The van der Waals surface area contributed by atoms with Crippen molar-refractivity contribution in [2.75, 3.05) is 5.75 Å². The van der Waals surface area contributed by atoms with Crippen LogP contribution in [0.3, 0.4) is 0 Å². The number of thioether (sulfide) groups is 1. The fourth-order valence-electron chi connectivity index (χ4n) is 2.93. The number of carbonyl (C=O) groups is 2. The molecule has 31 heavy (non-hydrogen) atoms. The summed E-state index contributed by atoms with van der Waals surface area (Å²) >= 11 is 1.23. The highest BCUT2D eigenvalue weighted by molar-refractivity contribution is 7.99. The molecule has 3 rings (SSSR count). The average Bonchev–Trinajstić information content (AvgIpc) is 3.11. The molecular weight excluding hydrogens is 410 g/mol. The number of imide groups is 1. The summed E-state index contributed by atoms with van der Waals surface area (Å²) in [6.07, 6.45) is 0. The van der Waals surface area contributed by atoms with Gasteiger partial charge in [0.1, 0.15) is 0 Å². The summed E-state index contributed by atoms with van der Waals surface area (Å²) in [5.41, 5.74) is 3.25. The van der Waals surface area contributed by atoms with E-state index in [2.05, 4.69) is 53.7 Å². The molecule has 2 aromatic carbocycles. The monoisotopic (exact) mass is 437 g/mol. The number of aromatic nitrogens is 3. The first-order valence-corrected chi connectivity index (χ1v) is 11.0. The number of amides is 3. The van der Waals surface area contributed by atoms with Crippen molar-refractivity contribution >= 4 is 23.7 Å². The van der Waals surface area contributed by atoms with Crippen molar-refractivity contribution in [3.05, 3.63) is 65.7 Å². The first-order valence-electron chi connectivity index (χ1n) is 9.99. The van der Waals surface area contributed by atoms with Crippen molar-refractivity contribution in [1.29, 1.82) is 0 Å². The van der Waals surface area contributed by atoms with Crippen LogP contribution in [0.25, 0.3) is 11.4 Å². The van der Waals surface area contributed by atoms with E-state index in [1.807, 2.05) is 54.1 Å². The Morgan fingerprint density at radius 1 is 1.00 bits per heavy atom. The third-order valence-electron chi connectivity index (χ3n) is 4.73. The number of benzene rings is 2. The minimum Gasteiger partial charge on any atom is -0.334 e. The van der Waals surface area contributed by atoms with Gasteiger partial charge in [0.05, 0.1) is 5.75 Å². The topological polar surface area (TPSA) is 88.9 Å². The number of urea groups is 1. The van der Waals surface area contributed by atoms with Crippen LogP contribution in [-0.4, -0.2) is 32.5 Å². The molecule has 1 aromatic heterocycles. The smallest absolute Gasteiger partial charge is 0.321 e. The number of nitrogens with zero attached hydrogens (tertiary/aromatic N) is 3. The Bertz CT molecular complexity index is 1040. The molecule has 0 fully saturated rings. The van der Waals surface area contributed by atoms with Crippen LogP contribution in [-0.2, 0) is 23.8 Å². The lowest BCUT2D eigenvalue weighted by atomic mass is 9.87. The highest BCUT2D eigenvalue weighted by atomic mass is 32.2. The second-order valence-corrected chi connectivity index (χ2v) is 9.14. The van der Waals surface area contributed by atoms with Crippen LogP contribution < -0.4 is 10.6 Å². The van der Waals surface area contributed by atoms with Crippen LogP contribution in [0.1, 0.15) is 31.9 Å². The summed E-state index contributed by atoms with van der Waals surface area (Å²) in [4.78, 5) is 24.0. The molecule has 0 atom stereocenters. The quantitative estimate of drug-likeness (QED) is 0.571. The van der Waals surface area contributed by atoms with Gasteiger partial charge in [-0.2, -0.15) is 0 Å². The zero-order chi connectivity index (χ0) is 22.4. The zero-order valence-corrected chi connectivity index (χ0v) is 19.0. The molecule has 3 amide bonds. The fraction of sp³-hybridized carbons (Fsp3) is 0.304. The van der Waals surface area contributed by atoms with E-state index in [0.717, 1.165) is 17.0 Å². The number of rotatable bonds is 6. The third-order valence-corrected chi connectivity index (χ3v) is 5.75. The van der Waals surface area contributed by atoms with Gasteiger partial charge in [0.2, 0.25) is 5.91 Å². The molecule has 1 heterocycles. The number of nitrogens with one attached hydrogen (secondary N) is 2. The predicted octanol–water partition coefficient (Wildman–Crippen LogP) is 3.90. The molecule has 3 aromatic rings. The first kappa shape index (κ1) is 22.6. The Hall–Kier alpha value is -3.13. The lowest BCUT2D eigenvalue weighted by Gasteiger charge is -2.19. The van der Waals surface area contributed by atoms with E-state index in [1.165, 1.54) is 17.3 Å².